The smallest absolute Gasteiger partial charge is 0.387 e. The van der Waals surface area contributed by atoms with E-state index in [9.17, 15) is 21.6 Å². The zero-order valence-corrected chi connectivity index (χ0v) is 19.2. The van der Waals surface area contributed by atoms with Crippen LogP contribution in [0.15, 0.2) is 65.6 Å². The summed E-state index contributed by atoms with van der Waals surface area (Å²) in [6, 6.07) is 15.5. The topological polar surface area (TPSA) is 49.9 Å². The molecule has 0 radical (unpaired) electrons. The highest BCUT2D eigenvalue weighted by Gasteiger charge is 2.39. The predicted molar refractivity (Wildman–Crippen MR) is 125 cm³/mol. The third-order valence-corrected chi connectivity index (χ3v) is 8.09. The molecule has 0 saturated carbocycles. The highest BCUT2D eigenvalue weighted by atomic mass is 32.2. The van der Waals surface area contributed by atoms with E-state index in [1.165, 1.54) is 16.4 Å². The molecule has 1 fully saturated rings. The Balaban J connectivity index is 1.63. The van der Waals surface area contributed by atoms with Crippen molar-refractivity contribution in [1.29, 1.82) is 0 Å². The standard InChI is InChI=1S/C25H23F3N2O3S/c1-16-4-2-6-22(10-16)34(31,32)30-15-20-5-3-9-29(20)23-8-7-17(13-24(23)30)18-11-19(26)14-21(12-18)33-25(27)28/h2,4,6-8,10-14,20,25H,3,5,9,15H2,1H3/t20-/m0/s1. The third kappa shape index (κ3) is 4.09. The number of aryl methyl sites for hydroxylation is 1. The van der Waals surface area contributed by atoms with Crippen molar-refractivity contribution in [2.45, 2.75) is 37.3 Å². The molecule has 0 amide bonds. The fourth-order valence-corrected chi connectivity index (χ4v) is 6.42. The van der Waals surface area contributed by atoms with E-state index < -0.39 is 22.5 Å². The van der Waals surface area contributed by atoms with Gasteiger partial charge in [-0.3, -0.25) is 4.31 Å². The van der Waals surface area contributed by atoms with Crippen LogP contribution in [0.2, 0.25) is 0 Å². The molecule has 9 heteroatoms. The lowest BCUT2D eigenvalue weighted by Crippen LogP contribution is -2.48. The van der Waals surface area contributed by atoms with Gasteiger partial charge >= 0.3 is 6.61 Å². The van der Waals surface area contributed by atoms with Gasteiger partial charge in [0.2, 0.25) is 0 Å². The number of hydrogen-bond donors (Lipinski definition) is 0. The molecule has 2 aliphatic rings. The van der Waals surface area contributed by atoms with Gasteiger partial charge in [-0.15, -0.1) is 0 Å². The van der Waals surface area contributed by atoms with Gasteiger partial charge in [-0.25, -0.2) is 12.8 Å². The Morgan fingerprint density at radius 3 is 2.59 bits per heavy atom. The second kappa shape index (κ2) is 8.54. The molecule has 0 N–H and O–H groups in total. The quantitative estimate of drug-likeness (QED) is 0.471. The number of halogens is 3. The van der Waals surface area contributed by atoms with E-state index in [2.05, 4.69) is 9.64 Å². The first-order chi connectivity index (χ1) is 16.2. The summed E-state index contributed by atoms with van der Waals surface area (Å²) in [7, 11) is -3.86. The summed E-state index contributed by atoms with van der Waals surface area (Å²) >= 11 is 0. The Bertz CT molecular complexity index is 1350. The van der Waals surface area contributed by atoms with Crippen LogP contribution in [-0.4, -0.2) is 34.2 Å². The lowest BCUT2D eigenvalue weighted by Gasteiger charge is -2.40. The SMILES string of the molecule is Cc1cccc(S(=O)(=O)N2C[C@@H]3CCCN3c3ccc(-c4cc(F)cc(OC(F)F)c4)cc32)c1. The Morgan fingerprint density at radius 2 is 1.82 bits per heavy atom. The molecule has 1 saturated heterocycles. The first-order valence-corrected chi connectivity index (χ1v) is 12.4. The van der Waals surface area contributed by atoms with Gasteiger partial charge in [0.15, 0.2) is 0 Å². The van der Waals surface area contributed by atoms with Gasteiger partial charge in [-0.2, -0.15) is 8.78 Å². The molecule has 2 heterocycles. The Labute approximate surface area is 196 Å². The molecule has 0 bridgehead atoms. The normalized spacial score (nSPS) is 17.6. The highest BCUT2D eigenvalue weighted by molar-refractivity contribution is 7.92. The van der Waals surface area contributed by atoms with Crippen LogP contribution in [0.5, 0.6) is 5.75 Å². The Kier molecular flexibility index (Phi) is 5.67. The Hall–Kier alpha value is -3.20. The number of nitrogens with zero attached hydrogens (tertiary/aromatic N) is 2. The number of fused-ring (bicyclic) bond motifs is 3. The highest BCUT2D eigenvalue weighted by Crippen LogP contribution is 2.44. The second-order valence-electron chi connectivity index (χ2n) is 8.60. The molecule has 178 valence electrons. The van der Waals surface area contributed by atoms with Crippen molar-refractivity contribution in [3.8, 4) is 16.9 Å². The van der Waals surface area contributed by atoms with Crippen molar-refractivity contribution < 1.29 is 26.3 Å². The molecule has 5 nitrogen and oxygen atoms in total. The molecule has 0 aromatic heterocycles. The van der Waals surface area contributed by atoms with Gasteiger partial charge in [0.25, 0.3) is 10.0 Å². The number of sulfonamides is 1. The number of ether oxygens (including phenoxy) is 1. The van der Waals surface area contributed by atoms with Crippen molar-refractivity contribution in [2.75, 3.05) is 22.3 Å². The van der Waals surface area contributed by atoms with Crippen LogP contribution in [0.1, 0.15) is 18.4 Å². The maximum absolute atomic E-state index is 14.2. The minimum Gasteiger partial charge on any atom is -0.435 e. The summed E-state index contributed by atoms with van der Waals surface area (Å²) in [6.45, 7) is -0.124. The summed E-state index contributed by atoms with van der Waals surface area (Å²) < 4.78 is 72.8. The molecule has 1 atom stereocenters. The molecule has 0 aliphatic carbocycles. The molecule has 3 aromatic carbocycles. The van der Waals surface area contributed by atoms with Crippen LogP contribution in [0, 0.1) is 12.7 Å². The molecule has 34 heavy (non-hydrogen) atoms. The molecule has 0 spiro atoms. The van der Waals surface area contributed by atoms with Crippen LogP contribution >= 0.6 is 0 Å². The summed E-state index contributed by atoms with van der Waals surface area (Å²) in [5.74, 6) is -1.03. The van der Waals surface area contributed by atoms with Crippen LogP contribution in [0.25, 0.3) is 11.1 Å². The van der Waals surface area contributed by atoms with E-state index in [1.807, 2.05) is 19.1 Å². The van der Waals surface area contributed by atoms with E-state index in [0.717, 1.165) is 36.7 Å². The minimum absolute atomic E-state index is 0.0677. The van der Waals surface area contributed by atoms with Crippen molar-refractivity contribution in [1.82, 2.24) is 0 Å². The minimum atomic E-state index is -3.86. The van der Waals surface area contributed by atoms with E-state index in [4.69, 9.17) is 0 Å². The maximum Gasteiger partial charge on any atom is 0.387 e. The molecule has 0 unspecified atom stereocenters. The average Bonchev–Trinajstić information content (AvgIpc) is 3.26. The third-order valence-electron chi connectivity index (χ3n) is 6.31. The molecule has 2 aliphatic heterocycles. The van der Waals surface area contributed by atoms with Crippen molar-refractivity contribution >= 4 is 21.4 Å². The summed E-state index contributed by atoms with van der Waals surface area (Å²) in [5.41, 5.74) is 2.92. The predicted octanol–water partition coefficient (Wildman–Crippen LogP) is 5.58. The lowest BCUT2D eigenvalue weighted by atomic mass is 10.0. The van der Waals surface area contributed by atoms with Gasteiger partial charge in [0.05, 0.1) is 22.8 Å². The van der Waals surface area contributed by atoms with Gasteiger partial charge < -0.3 is 9.64 Å². The lowest BCUT2D eigenvalue weighted by molar-refractivity contribution is -0.0499. The largest absolute Gasteiger partial charge is 0.435 e. The van der Waals surface area contributed by atoms with Gasteiger partial charge in [-0.05, 0) is 72.9 Å². The molecule has 3 aromatic rings. The number of hydrogen-bond acceptors (Lipinski definition) is 4. The zero-order valence-electron chi connectivity index (χ0n) is 18.4. The number of alkyl halides is 2. The average molecular weight is 489 g/mol. The van der Waals surface area contributed by atoms with Crippen LogP contribution < -0.4 is 13.9 Å². The number of anilines is 2. The molecular formula is C25H23F3N2O3S. The van der Waals surface area contributed by atoms with Crippen molar-refractivity contribution in [3.63, 3.8) is 0 Å². The van der Waals surface area contributed by atoms with E-state index >= 15 is 0 Å². The van der Waals surface area contributed by atoms with E-state index in [1.54, 1.807) is 30.3 Å². The van der Waals surface area contributed by atoms with Gasteiger partial charge in [0.1, 0.15) is 11.6 Å². The molecular weight excluding hydrogens is 465 g/mol. The summed E-state index contributed by atoms with van der Waals surface area (Å²) in [6.07, 6.45) is 1.85. The number of benzene rings is 3. The maximum atomic E-state index is 14.2. The van der Waals surface area contributed by atoms with Crippen LogP contribution in [0.3, 0.4) is 0 Å². The first-order valence-electron chi connectivity index (χ1n) is 11.0. The molecule has 5 rings (SSSR count). The van der Waals surface area contributed by atoms with Gasteiger partial charge in [-0.1, -0.05) is 18.2 Å². The van der Waals surface area contributed by atoms with Crippen LogP contribution in [-0.2, 0) is 10.0 Å². The fourth-order valence-electron chi connectivity index (χ4n) is 4.81. The zero-order chi connectivity index (χ0) is 24.0. The monoisotopic (exact) mass is 488 g/mol. The first kappa shape index (κ1) is 22.6. The second-order valence-corrected chi connectivity index (χ2v) is 10.5. The van der Waals surface area contributed by atoms with Crippen LogP contribution in [0.4, 0.5) is 24.5 Å². The van der Waals surface area contributed by atoms with Crippen molar-refractivity contribution in [2.24, 2.45) is 0 Å². The van der Waals surface area contributed by atoms with Crippen molar-refractivity contribution in [3.05, 3.63) is 72.0 Å². The van der Waals surface area contributed by atoms with Gasteiger partial charge in [0, 0.05) is 18.7 Å². The summed E-state index contributed by atoms with van der Waals surface area (Å²) in [5, 5.41) is 0. The summed E-state index contributed by atoms with van der Waals surface area (Å²) in [4.78, 5) is 2.41. The fraction of sp³-hybridized carbons (Fsp3) is 0.280. The van der Waals surface area contributed by atoms with E-state index in [-0.39, 0.29) is 16.7 Å². The Morgan fingerprint density at radius 1 is 1.00 bits per heavy atom. The number of rotatable bonds is 5. The van der Waals surface area contributed by atoms with E-state index in [0.29, 0.717) is 23.4 Å².